The molecule has 0 aliphatic carbocycles. The van der Waals surface area contributed by atoms with Crippen LogP contribution in [0.2, 0.25) is 0 Å². The fourth-order valence-electron chi connectivity index (χ4n) is 1.11. The van der Waals surface area contributed by atoms with Crippen LogP contribution < -0.4 is 0 Å². The lowest BCUT2D eigenvalue weighted by Gasteiger charge is -1.98. The quantitative estimate of drug-likeness (QED) is 0.739. The number of fused-ring (bicyclic) bond motifs is 1. The summed E-state index contributed by atoms with van der Waals surface area (Å²) in [7, 11) is 0. The Hall–Kier alpha value is -0.850. The van der Waals surface area contributed by atoms with Gasteiger partial charge in [0.1, 0.15) is 10.8 Å². The molecule has 2 aromatic rings. The standard InChI is InChI=1S/C8H6FNO2S2/c9-5-1-2-6-7(3-5)13-8(10-6)4-14(11)12/h1-3H,4H2,(H,11,12)/p-1. The van der Waals surface area contributed by atoms with Gasteiger partial charge in [-0.1, -0.05) is 0 Å². The number of hydrogen-bond donors (Lipinski definition) is 0. The average molecular weight is 230 g/mol. The largest absolute Gasteiger partial charge is 0.772 e. The fourth-order valence-corrected chi connectivity index (χ4v) is 2.69. The van der Waals surface area contributed by atoms with Gasteiger partial charge in [0.2, 0.25) is 0 Å². The molecule has 0 fully saturated rings. The molecule has 0 saturated carbocycles. The lowest BCUT2D eigenvalue weighted by molar-refractivity contribution is 0.536. The van der Waals surface area contributed by atoms with E-state index in [0.29, 0.717) is 15.2 Å². The zero-order valence-corrected chi connectivity index (χ0v) is 8.53. The van der Waals surface area contributed by atoms with Crippen molar-refractivity contribution in [1.82, 2.24) is 4.98 Å². The van der Waals surface area contributed by atoms with E-state index in [1.807, 2.05) is 0 Å². The molecule has 6 heteroatoms. The lowest BCUT2D eigenvalue weighted by Crippen LogP contribution is -1.91. The summed E-state index contributed by atoms with van der Waals surface area (Å²) >= 11 is -0.949. The number of halogens is 1. The van der Waals surface area contributed by atoms with Crippen molar-refractivity contribution in [3.8, 4) is 0 Å². The van der Waals surface area contributed by atoms with Crippen molar-refractivity contribution in [2.45, 2.75) is 5.75 Å². The smallest absolute Gasteiger partial charge is 0.124 e. The van der Waals surface area contributed by atoms with E-state index in [1.54, 1.807) is 6.07 Å². The molecular weight excluding hydrogens is 225 g/mol. The normalized spacial score (nSPS) is 13.3. The number of aromatic nitrogens is 1. The third kappa shape index (κ3) is 1.97. The van der Waals surface area contributed by atoms with Crippen molar-refractivity contribution in [1.29, 1.82) is 0 Å². The Morgan fingerprint density at radius 2 is 2.36 bits per heavy atom. The molecule has 74 valence electrons. The first kappa shape index (κ1) is 9.70. The molecule has 1 unspecified atom stereocenters. The summed E-state index contributed by atoms with van der Waals surface area (Å²) in [4.78, 5) is 4.05. The van der Waals surface area contributed by atoms with Gasteiger partial charge >= 0.3 is 0 Å². The summed E-state index contributed by atoms with van der Waals surface area (Å²) in [6.07, 6.45) is 0. The molecule has 0 N–H and O–H groups in total. The highest BCUT2D eigenvalue weighted by atomic mass is 32.2. The molecule has 0 amide bonds. The molecule has 0 aliphatic heterocycles. The second-order valence-corrected chi connectivity index (χ2v) is 4.68. The Balaban J connectivity index is 2.46. The highest BCUT2D eigenvalue weighted by Gasteiger charge is 2.04. The molecule has 14 heavy (non-hydrogen) atoms. The molecule has 1 aromatic heterocycles. The summed E-state index contributed by atoms with van der Waals surface area (Å²) in [6.45, 7) is 0. The molecule has 3 nitrogen and oxygen atoms in total. The summed E-state index contributed by atoms with van der Waals surface area (Å²) < 4.78 is 34.2. The van der Waals surface area contributed by atoms with Gasteiger partial charge in [-0.15, -0.1) is 11.3 Å². The Morgan fingerprint density at radius 3 is 3.07 bits per heavy atom. The molecule has 2 rings (SSSR count). The summed E-state index contributed by atoms with van der Waals surface area (Å²) in [5, 5.41) is 0.485. The molecule has 0 saturated heterocycles. The van der Waals surface area contributed by atoms with Gasteiger partial charge in [0.05, 0.1) is 16.0 Å². The van der Waals surface area contributed by atoms with Crippen LogP contribution in [0.5, 0.6) is 0 Å². The van der Waals surface area contributed by atoms with E-state index in [9.17, 15) is 13.2 Å². The topological polar surface area (TPSA) is 53.0 Å². The van der Waals surface area contributed by atoms with Gasteiger partial charge in [0, 0.05) is 0 Å². The van der Waals surface area contributed by atoms with Crippen molar-refractivity contribution in [3.05, 3.63) is 29.0 Å². The van der Waals surface area contributed by atoms with E-state index in [4.69, 9.17) is 0 Å². The Morgan fingerprint density at radius 1 is 1.57 bits per heavy atom. The van der Waals surface area contributed by atoms with Crippen LogP contribution in [0.3, 0.4) is 0 Å². The van der Waals surface area contributed by atoms with Gasteiger partial charge in [-0.05, 0) is 29.3 Å². The number of rotatable bonds is 2. The molecule has 1 heterocycles. The zero-order chi connectivity index (χ0) is 10.1. The first-order valence-electron chi connectivity index (χ1n) is 3.76. The van der Waals surface area contributed by atoms with Gasteiger partial charge in [-0.3, -0.25) is 4.21 Å². The Kier molecular flexibility index (Phi) is 2.58. The zero-order valence-electron chi connectivity index (χ0n) is 6.90. The van der Waals surface area contributed by atoms with Crippen molar-refractivity contribution < 1.29 is 13.2 Å². The third-order valence-corrected chi connectivity index (χ3v) is 3.35. The molecule has 1 atom stereocenters. The summed E-state index contributed by atoms with van der Waals surface area (Å²) in [5.41, 5.74) is 0.636. The molecule has 0 bridgehead atoms. The van der Waals surface area contributed by atoms with E-state index in [-0.39, 0.29) is 11.6 Å². The predicted octanol–water partition coefficient (Wildman–Crippen LogP) is 1.81. The summed E-state index contributed by atoms with van der Waals surface area (Å²) in [6, 6.07) is 4.20. The Labute approximate surface area is 85.9 Å². The molecule has 0 spiro atoms. The van der Waals surface area contributed by atoms with Crippen molar-refractivity contribution >= 4 is 32.6 Å². The maximum absolute atomic E-state index is 12.8. The number of benzene rings is 1. The molecule has 1 aromatic carbocycles. The van der Waals surface area contributed by atoms with Gasteiger partial charge in [0.15, 0.2) is 0 Å². The van der Waals surface area contributed by atoms with E-state index >= 15 is 0 Å². The summed E-state index contributed by atoms with van der Waals surface area (Å²) in [5.74, 6) is -0.447. The maximum atomic E-state index is 12.8. The first-order valence-corrected chi connectivity index (χ1v) is 5.82. The van der Waals surface area contributed by atoms with Crippen LogP contribution in [0.15, 0.2) is 18.2 Å². The lowest BCUT2D eigenvalue weighted by atomic mass is 10.3. The van der Waals surface area contributed by atoms with Gasteiger partial charge in [-0.2, -0.15) is 0 Å². The Bertz CT molecular complexity index is 497. The SMILES string of the molecule is O=S([O-])Cc1nc2ccc(F)cc2s1. The van der Waals surface area contributed by atoms with Crippen molar-refractivity contribution in [3.63, 3.8) is 0 Å². The fraction of sp³-hybridized carbons (Fsp3) is 0.125. The van der Waals surface area contributed by atoms with E-state index in [1.165, 1.54) is 23.5 Å². The highest BCUT2D eigenvalue weighted by Crippen LogP contribution is 2.23. The van der Waals surface area contributed by atoms with Crippen molar-refractivity contribution in [2.24, 2.45) is 0 Å². The minimum atomic E-state index is -2.14. The van der Waals surface area contributed by atoms with Crippen molar-refractivity contribution in [2.75, 3.05) is 0 Å². The second-order valence-electron chi connectivity index (χ2n) is 2.67. The van der Waals surface area contributed by atoms with Crippen LogP contribution in [0, 0.1) is 5.82 Å². The van der Waals surface area contributed by atoms with E-state index in [0.717, 1.165) is 0 Å². The van der Waals surface area contributed by atoms with E-state index < -0.39 is 11.1 Å². The molecule has 0 aliphatic rings. The number of nitrogens with zero attached hydrogens (tertiary/aromatic N) is 1. The monoisotopic (exact) mass is 230 g/mol. The first-order chi connectivity index (χ1) is 6.65. The average Bonchev–Trinajstić information content (AvgIpc) is 2.44. The predicted molar refractivity (Wildman–Crippen MR) is 52.2 cm³/mol. The molecule has 0 radical (unpaired) electrons. The van der Waals surface area contributed by atoms with Gasteiger partial charge < -0.3 is 4.55 Å². The van der Waals surface area contributed by atoms with Crippen LogP contribution >= 0.6 is 11.3 Å². The van der Waals surface area contributed by atoms with Crippen LogP contribution in [-0.4, -0.2) is 13.7 Å². The maximum Gasteiger partial charge on any atom is 0.124 e. The minimum Gasteiger partial charge on any atom is -0.772 e. The van der Waals surface area contributed by atoms with Gasteiger partial charge in [0.25, 0.3) is 0 Å². The number of hydrogen-bond acceptors (Lipinski definition) is 4. The van der Waals surface area contributed by atoms with Crippen LogP contribution in [0.25, 0.3) is 10.2 Å². The van der Waals surface area contributed by atoms with Gasteiger partial charge in [-0.25, -0.2) is 9.37 Å². The van der Waals surface area contributed by atoms with Crippen LogP contribution in [0.4, 0.5) is 4.39 Å². The second kappa shape index (κ2) is 3.72. The molecular formula is C8H5FNO2S2-. The van der Waals surface area contributed by atoms with Crippen LogP contribution in [-0.2, 0) is 16.8 Å². The highest BCUT2D eigenvalue weighted by molar-refractivity contribution is 7.78. The third-order valence-electron chi connectivity index (χ3n) is 1.64. The number of thiazole rings is 1. The van der Waals surface area contributed by atoms with E-state index in [2.05, 4.69) is 4.98 Å². The van der Waals surface area contributed by atoms with Crippen LogP contribution in [0.1, 0.15) is 5.01 Å². The minimum absolute atomic E-state index is 0.110.